The van der Waals surface area contributed by atoms with E-state index in [1.54, 1.807) is 0 Å². The number of amides is 1. The van der Waals surface area contributed by atoms with Gasteiger partial charge in [-0.1, -0.05) is 50.9 Å². The van der Waals surface area contributed by atoms with Crippen LogP contribution in [-0.2, 0) is 11.2 Å². The average molecular weight is 377 g/mol. The number of hydrogen-bond donors (Lipinski definition) is 1. The van der Waals surface area contributed by atoms with Crippen LogP contribution in [0.1, 0.15) is 32.3 Å². The molecule has 1 aromatic carbocycles. The van der Waals surface area contributed by atoms with Gasteiger partial charge in [0.15, 0.2) is 0 Å². The Kier molecular flexibility index (Phi) is 6.36. The van der Waals surface area contributed by atoms with Gasteiger partial charge in [0.25, 0.3) is 0 Å². The van der Waals surface area contributed by atoms with E-state index < -0.39 is 0 Å². The van der Waals surface area contributed by atoms with Gasteiger partial charge in [-0.3, -0.25) is 4.79 Å². The molecule has 0 heterocycles. The highest BCUT2D eigenvalue weighted by atomic mass is 79.9. The summed E-state index contributed by atoms with van der Waals surface area (Å²) in [6, 6.07) is 7.86. The maximum atomic E-state index is 12.0. The zero-order chi connectivity index (χ0) is 13.6. The van der Waals surface area contributed by atoms with Crippen molar-refractivity contribution in [2.24, 2.45) is 0 Å². The number of rotatable bonds is 6. The molecule has 1 N–H and O–H groups in total. The number of carbonyl (C=O) groups excluding carboxylic acids is 1. The van der Waals surface area contributed by atoms with E-state index >= 15 is 0 Å². The molecule has 18 heavy (non-hydrogen) atoms. The van der Waals surface area contributed by atoms with Gasteiger partial charge in [0.2, 0.25) is 5.91 Å². The molecule has 1 aromatic rings. The molecule has 0 bridgehead atoms. The summed E-state index contributed by atoms with van der Waals surface area (Å²) in [7, 11) is 0. The first kappa shape index (κ1) is 15.7. The molecule has 1 atom stereocenters. The van der Waals surface area contributed by atoms with E-state index in [2.05, 4.69) is 51.0 Å². The fourth-order valence-electron chi connectivity index (χ4n) is 1.70. The van der Waals surface area contributed by atoms with Gasteiger partial charge in [-0.2, -0.15) is 0 Å². The Labute approximate surface area is 126 Å². The summed E-state index contributed by atoms with van der Waals surface area (Å²) in [5, 5.41) is 4.03. The summed E-state index contributed by atoms with van der Waals surface area (Å²) in [6.07, 6.45) is 2.31. The van der Waals surface area contributed by atoms with Crippen LogP contribution in [-0.4, -0.2) is 16.8 Å². The number of hydrogen-bond acceptors (Lipinski definition) is 1. The lowest BCUT2D eigenvalue weighted by molar-refractivity contribution is -0.122. The molecule has 1 rings (SSSR count). The summed E-state index contributed by atoms with van der Waals surface area (Å²) in [6.45, 7) is 4.19. The van der Waals surface area contributed by atoms with Crippen molar-refractivity contribution in [2.45, 2.75) is 38.6 Å². The Bertz CT molecular complexity index is 391. The summed E-state index contributed by atoms with van der Waals surface area (Å²) >= 11 is 6.82. The molecule has 0 spiro atoms. The Morgan fingerprint density at radius 3 is 2.44 bits per heavy atom. The topological polar surface area (TPSA) is 29.1 Å². The molecule has 4 heteroatoms. The molecule has 0 saturated heterocycles. The van der Waals surface area contributed by atoms with Gasteiger partial charge in [0, 0.05) is 15.3 Å². The van der Waals surface area contributed by atoms with Gasteiger partial charge >= 0.3 is 0 Å². The molecule has 0 radical (unpaired) electrons. The minimum atomic E-state index is -0.115. The number of halogens is 2. The first-order valence-corrected chi connectivity index (χ1v) is 8.02. The largest absolute Gasteiger partial charge is 0.351 e. The van der Waals surface area contributed by atoms with Crippen molar-refractivity contribution in [3.05, 3.63) is 34.3 Å². The molecule has 0 aromatic heterocycles. The summed E-state index contributed by atoms with van der Waals surface area (Å²) in [5.41, 5.74) is 0.920. The van der Waals surface area contributed by atoms with Crippen LogP contribution in [0.3, 0.4) is 0 Å². The lowest BCUT2D eigenvalue weighted by Gasteiger charge is -2.29. The highest BCUT2D eigenvalue weighted by molar-refractivity contribution is 9.10. The minimum absolute atomic E-state index is 0.0858. The normalized spacial score (nSPS) is 14.0. The van der Waals surface area contributed by atoms with Crippen molar-refractivity contribution in [1.82, 2.24) is 5.32 Å². The Balaban J connectivity index is 2.58. The summed E-state index contributed by atoms with van der Waals surface area (Å²) in [5.74, 6) is 0.0858. The molecule has 0 aliphatic rings. The Hall–Kier alpha value is -0.350. The number of carbonyl (C=O) groups is 1. The quantitative estimate of drug-likeness (QED) is 0.745. The molecular weight excluding hydrogens is 358 g/mol. The third-order valence-corrected chi connectivity index (χ3v) is 4.07. The van der Waals surface area contributed by atoms with Crippen LogP contribution >= 0.6 is 31.9 Å². The van der Waals surface area contributed by atoms with Crippen LogP contribution in [0.15, 0.2) is 28.7 Å². The predicted molar refractivity (Wildman–Crippen MR) is 83.1 cm³/mol. The maximum absolute atomic E-state index is 12.0. The lowest BCUT2D eigenvalue weighted by atomic mass is 9.95. The van der Waals surface area contributed by atoms with Crippen molar-refractivity contribution < 1.29 is 4.79 Å². The van der Waals surface area contributed by atoms with Crippen molar-refractivity contribution in [2.75, 3.05) is 5.33 Å². The molecule has 1 amide bonds. The van der Waals surface area contributed by atoms with Crippen molar-refractivity contribution in [3.63, 3.8) is 0 Å². The van der Waals surface area contributed by atoms with Crippen molar-refractivity contribution >= 4 is 37.8 Å². The Morgan fingerprint density at radius 1 is 1.33 bits per heavy atom. The standard InChI is InChI=1S/C14H19Br2NO/c1-3-14(2,8-9-15)17-13(18)10-11-4-6-12(16)7-5-11/h4-7H,3,8-10H2,1-2H3,(H,17,18). The van der Waals surface area contributed by atoms with Crippen LogP contribution in [0.5, 0.6) is 0 Å². The zero-order valence-electron chi connectivity index (χ0n) is 10.8. The first-order chi connectivity index (χ1) is 8.49. The molecule has 0 fully saturated rings. The third-order valence-electron chi connectivity index (χ3n) is 3.15. The van der Waals surface area contributed by atoms with Crippen LogP contribution in [0.4, 0.5) is 0 Å². The summed E-state index contributed by atoms with van der Waals surface area (Å²) in [4.78, 5) is 12.0. The third kappa shape index (κ3) is 5.11. The highest BCUT2D eigenvalue weighted by Crippen LogP contribution is 2.16. The van der Waals surface area contributed by atoms with E-state index in [0.717, 1.165) is 28.2 Å². The second-order valence-corrected chi connectivity index (χ2v) is 6.41. The van der Waals surface area contributed by atoms with Gasteiger partial charge < -0.3 is 5.32 Å². The van der Waals surface area contributed by atoms with Crippen LogP contribution in [0.2, 0.25) is 0 Å². The van der Waals surface area contributed by atoms with Crippen molar-refractivity contribution in [1.29, 1.82) is 0 Å². The minimum Gasteiger partial charge on any atom is -0.351 e. The number of benzene rings is 1. The van der Waals surface area contributed by atoms with Crippen LogP contribution in [0.25, 0.3) is 0 Å². The van der Waals surface area contributed by atoms with Crippen molar-refractivity contribution in [3.8, 4) is 0 Å². The van der Waals surface area contributed by atoms with E-state index in [1.165, 1.54) is 0 Å². The molecular formula is C14H19Br2NO. The van der Waals surface area contributed by atoms with Gasteiger partial charge in [0.1, 0.15) is 0 Å². The molecule has 0 saturated carbocycles. The van der Waals surface area contributed by atoms with Crippen LogP contribution in [0, 0.1) is 0 Å². The van der Waals surface area contributed by atoms with Gasteiger partial charge in [-0.15, -0.1) is 0 Å². The van der Waals surface area contributed by atoms with Gasteiger partial charge in [0.05, 0.1) is 6.42 Å². The van der Waals surface area contributed by atoms with E-state index in [4.69, 9.17) is 0 Å². The SMILES string of the molecule is CCC(C)(CCBr)NC(=O)Cc1ccc(Br)cc1. The zero-order valence-corrected chi connectivity index (χ0v) is 14.0. The van der Waals surface area contributed by atoms with E-state index in [0.29, 0.717) is 6.42 Å². The highest BCUT2D eigenvalue weighted by Gasteiger charge is 2.23. The second-order valence-electron chi connectivity index (χ2n) is 4.70. The first-order valence-electron chi connectivity index (χ1n) is 6.10. The van der Waals surface area contributed by atoms with E-state index in [-0.39, 0.29) is 11.4 Å². The van der Waals surface area contributed by atoms with Crippen LogP contribution < -0.4 is 5.32 Å². The van der Waals surface area contributed by atoms with Gasteiger partial charge in [-0.05, 0) is 37.5 Å². The average Bonchev–Trinajstić information content (AvgIpc) is 2.32. The second kappa shape index (κ2) is 7.29. The predicted octanol–water partition coefficient (Wildman–Crippen LogP) is 4.06. The van der Waals surface area contributed by atoms with E-state index in [1.807, 2.05) is 24.3 Å². The number of alkyl halides is 1. The fourth-order valence-corrected chi connectivity index (χ4v) is 2.84. The lowest BCUT2D eigenvalue weighted by Crippen LogP contribution is -2.46. The Morgan fingerprint density at radius 2 is 1.94 bits per heavy atom. The van der Waals surface area contributed by atoms with E-state index in [9.17, 15) is 4.79 Å². The summed E-state index contributed by atoms with van der Waals surface area (Å²) < 4.78 is 1.03. The molecule has 100 valence electrons. The molecule has 2 nitrogen and oxygen atoms in total. The number of nitrogens with one attached hydrogen (secondary N) is 1. The maximum Gasteiger partial charge on any atom is 0.224 e. The van der Waals surface area contributed by atoms with Gasteiger partial charge in [-0.25, -0.2) is 0 Å². The molecule has 1 unspecified atom stereocenters. The fraction of sp³-hybridized carbons (Fsp3) is 0.500. The smallest absolute Gasteiger partial charge is 0.224 e. The monoisotopic (exact) mass is 375 g/mol. The molecule has 0 aliphatic carbocycles. The molecule has 0 aliphatic heterocycles.